The first-order valence-electron chi connectivity index (χ1n) is 8.27. The van der Waals surface area contributed by atoms with E-state index < -0.39 is 0 Å². The van der Waals surface area contributed by atoms with E-state index in [2.05, 4.69) is 10.3 Å². The molecule has 1 N–H and O–H groups in total. The van der Waals surface area contributed by atoms with Gasteiger partial charge in [-0.1, -0.05) is 48.2 Å². The molecule has 3 rings (SSSR count). The summed E-state index contributed by atoms with van der Waals surface area (Å²) < 4.78 is 7.19. The Hall–Kier alpha value is -2.73. The Kier molecular flexibility index (Phi) is 5.63. The van der Waals surface area contributed by atoms with Crippen LogP contribution in [0.15, 0.2) is 66.0 Å². The maximum Gasteiger partial charge on any atom is 0.237 e. The van der Waals surface area contributed by atoms with E-state index in [9.17, 15) is 4.79 Å². The van der Waals surface area contributed by atoms with Gasteiger partial charge in [0.25, 0.3) is 0 Å². The Bertz CT molecular complexity index is 893. The highest BCUT2D eigenvalue weighted by Crippen LogP contribution is 2.28. The number of nitrogens with zero attached hydrogens (tertiary/aromatic N) is 2. The van der Waals surface area contributed by atoms with Crippen LogP contribution in [0.4, 0.5) is 5.69 Å². The molecule has 1 aromatic heterocycles. The zero-order valence-corrected chi connectivity index (χ0v) is 15.8. The molecule has 3 aromatic rings. The number of ether oxygens (including phenoxy) is 1. The molecule has 0 aliphatic rings. The molecule has 0 saturated carbocycles. The van der Waals surface area contributed by atoms with Crippen LogP contribution in [0.1, 0.15) is 6.92 Å². The summed E-state index contributed by atoms with van der Waals surface area (Å²) in [6, 6.07) is 17.4. The predicted octanol–water partition coefficient (Wildman–Crippen LogP) is 4.22. The third-order valence-electron chi connectivity index (χ3n) is 4.00. The number of imidazole rings is 1. The number of carbonyl (C=O) groups excluding carboxylic acids is 1. The van der Waals surface area contributed by atoms with Crippen molar-refractivity contribution < 1.29 is 9.53 Å². The Labute approximate surface area is 157 Å². The highest BCUT2D eigenvalue weighted by atomic mass is 32.2. The second-order valence-electron chi connectivity index (χ2n) is 5.83. The van der Waals surface area contributed by atoms with E-state index in [0.717, 1.165) is 16.4 Å². The topological polar surface area (TPSA) is 56.1 Å². The molecule has 1 heterocycles. The van der Waals surface area contributed by atoms with Crippen molar-refractivity contribution in [1.82, 2.24) is 9.55 Å². The van der Waals surface area contributed by atoms with Crippen molar-refractivity contribution in [2.45, 2.75) is 17.3 Å². The molecule has 0 fully saturated rings. The Morgan fingerprint density at radius 2 is 1.96 bits per heavy atom. The van der Waals surface area contributed by atoms with Gasteiger partial charge in [-0.3, -0.25) is 4.79 Å². The molecule has 6 heteroatoms. The van der Waals surface area contributed by atoms with Crippen molar-refractivity contribution in [3.05, 3.63) is 60.8 Å². The first-order chi connectivity index (χ1) is 12.6. The van der Waals surface area contributed by atoms with Crippen LogP contribution in [0, 0.1) is 0 Å². The van der Waals surface area contributed by atoms with Crippen LogP contribution in [0.5, 0.6) is 5.75 Å². The fourth-order valence-electron chi connectivity index (χ4n) is 2.54. The highest BCUT2D eigenvalue weighted by molar-refractivity contribution is 8.00. The van der Waals surface area contributed by atoms with Gasteiger partial charge in [0.05, 0.1) is 24.3 Å². The van der Waals surface area contributed by atoms with Gasteiger partial charge in [0, 0.05) is 18.8 Å². The molecule has 0 aliphatic heterocycles. The summed E-state index contributed by atoms with van der Waals surface area (Å²) in [5.74, 6) is 0.632. The molecule has 0 saturated heterocycles. The lowest BCUT2D eigenvalue weighted by molar-refractivity contribution is -0.115. The number of rotatable bonds is 6. The van der Waals surface area contributed by atoms with Crippen LogP contribution in [0.25, 0.3) is 11.3 Å². The van der Waals surface area contributed by atoms with Gasteiger partial charge in [-0.2, -0.15) is 0 Å². The summed E-state index contributed by atoms with van der Waals surface area (Å²) in [6.45, 7) is 1.87. The lowest BCUT2D eigenvalue weighted by Crippen LogP contribution is -2.22. The average molecular weight is 367 g/mol. The Morgan fingerprint density at radius 3 is 2.69 bits per heavy atom. The van der Waals surface area contributed by atoms with Gasteiger partial charge in [-0.05, 0) is 24.6 Å². The number of methoxy groups -OCH3 is 1. The third-order valence-corrected chi connectivity index (χ3v) is 5.16. The minimum atomic E-state index is -0.286. The molecule has 0 spiro atoms. The fraction of sp³-hybridized carbons (Fsp3) is 0.200. The van der Waals surface area contributed by atoms with Gasteiger partial charge in [-0.15, -0.1) is 0 Å². The number of nitrogens with one attached hydrogen (secondary N) is 1. The lowest BCUT2D eigenvalue weighted by atomic mass is 10.2. The highest BCUT2D eigenvalue weighted by Gasteiger charge is 2.18. The summed E-state index contributed by atoms with van der Waals surface area (Å²) in [6.07, 6.45) is 1.84. The van der Waals surface area contributed by atoms with Crippen LogP contribution in [-0.4, -0.2) is 27.8 Å². The summed E-state index contributed by atoms with van der Waals surface area (Å²) in [7, 11) is 3.56. The van der Waals surface area contributed by atoms with Gasteiger partial charge in [-0.25, -0.2) is 4.98 Å². The average Bonchev–Trinajstić information content (AvgIpc) is 3.03. The number of thioether (sulfide) groups is 1. The molecular formula is C20H21N3O2S. The molecule has 0 bridgehead atoms. The molecule has 26 heavy (non-hydrogen) atoms. The van der Waals surface area contributed by atoms with Crippen molar-refractivity contribution in [3.63, 3.8) is 0 Å². The normalized spacial score (nSPS) is 11.8. The number of hydrogen-bond acceptors (Lipinski definition) is 4. The Balaban J connectivity index is 1.69. The van der Waals surface area contributed by atoms with Gasteiger partial charge in [0.1, 0.15) is 5.75 Å². The van der Waals surface area contributed by atoms with E-state index in [0.29, 0.717) is 11.4 Å². The van der Waals surface area contributed by atoms with E-state index in [-0.39, 0.29) is 11.2 Å². The van der Waals surface area contributed by atoms with Gasteiger partial charge in [0.2, 0.25) is 5.91 Å². The second kappa shape index (κ2) is 8.10. The van der Waals surface area contributed by atoms with E-state index in [4.69, 9.17) is 4.74 Å². The SMILES string of the molecule is COc1cccc(NC(=O)C(C)Sc2ncc(-c3ccccc3)n2C)c1. The predicted molar refractivity (Wildman–Crippen MR) is 106 cm³/mol. The van der Waals surface area contributed by atoms with Crippen molar-refractivity contribution in [2.24, 2.45) is 7.05 Å². The van der Waals surface area contributed by atoms with Crippen LogP contribution in [0.3, 0.4) is 0 Å². The quantitative estimate of drug-likeness (QED) is 0.663. The standard InChI is InChI=1S/C20H21N3O2S/c1-14(19(24)22-16-10-7-11-17(12-16)25-3)26-20-21-13-18(23(20)2)15-8-5-4-6-9-15/h4-14H,1-3H3,(H,22,24). The molecule has 5 nitrogen and oxygen atoms in total. The number of carbonyl (C=O) groups is 1. The maximum atomic E-state index is 12.5. The summed E-state index contributed by atoms with van der Waals surface area (Å²) in [5.41, 5.74) is 2.84. The third kappa shape index (κ3) is 4.08. The number of anilines is 1. The first kappa shape index (κ1) is 18.1. The smallest absolute Gasteiger partial charge is 0.237 e. The van der Waals surface area contributed by atoms with E-state index >= 15 is 0 Å². The number of benzene rings is 2. The minimum Gasteiger partial charge on any atom is -0.497 e. The maximum absolute atomic E-state index is 12.5. The van der Waals surface area contributed by atoms with Crippen molar-refractivity contribution in [2.75, 3.05) is 12.4 Å². The summed E-state index contributed by atoms with van der Waals surface area (Å²) in [5, 5.41) is 3.43. The summed E-state index contributed by atoms with van der Waals surface area (Å²) >= 11 is 1.43. The number of amides is 1. The molecule has 0 radical (unpaired) electrons. The Morgan fingerprint density at radius 1 is 1.19 bits per heavy atom. The zero-order valence-electron chi connectivity index (χ0n) is 15.0. The van der Waals surface area contributed by atoms with Crippen LogP contribution in [0.2, 0.25) is 0 Å². The van der Waals surface area contributed by atoms with Crippen molar-refractivity contribution in [1.29, 1.82) is 0 Å². The first-order valence-corrected chi connectivity index (χ1v) is 9.15. The molecule has 1 unspecified atom stereocenters. The lowest BCUT2D eigenvalue weighted by Gasteiger charge is -2.13. The fourth-order valence-corrected chi connectivity index (χ4v) is 3.39. The van der Waals surface area contributed by atoms with Crippen LogP contribution in [-0.2, 0) is 11.8 Å². The van der Waals surface area contributed by atoms with Gasteiger partial charge < -0.3 is 14.6 Å². The van der Waals surface area contributed by atoms with E-state index in [1.54, 1.807) is 13.2 Å². The van der Waals surface area contributed by atoms with Gasteiger partial charge in [0.15, 0.2) is 5.16 Å². The summed E-state index contributed by atoms with van der Waals surface area (Å²) in [4.78, 5) is 17.0. The van der Waals surface area contributed by atoms with E-state index in [1.165, 1.54) is 11.8 Å². The molecule has 134 valence electrons. The molecular weight excluding hydrogens is 346 g/mol. The number of hydrogen-bond donors (Lipinski definition) is 1. The zero-order chi connectivity index (χ0) is 18.5. The molecule has 0 aliphatic carbocycles. The monoisotopic (exact) mass is 367 g/mol. The van der Waals surface area contributed by atoms with Crippen molar-refractivity contribution >= 4 is 23.4 Å². The largest absolute Gasteiger partial charge is 0.497 e. The molecule has 2 aromatic carbocycles. The van der Waals surface area contributed by atoms with E-state index in [1.807, 2.05) is 73.3 Å². The number of aromatic nitrogens is 2. The van der Waals surface area contributed by atoms with Crippen LogP contribution < -0.4 is 10.1 Å². The molecule has 1 amide bonds. The second-order valence-corrected chi connectivity index (χ2v) is 7.14. The minimum absolute atomic E-state index is 0.0764. The van der Waals surface area contributed by atoms with Crippen molar-refractivity contribution in [3.8, 4) is 17.0 Å². The molecule has 1 atom stereocenters. The van der Waals surface area contributed by atoms with Crippen LogP contribution >= 0.6 is 11.8 Å². The van der Waals surface area contributed by atoms with Gasteiger partial charge >= 0.3 is 0 Å².